The zero-order valence-corrected chi connectivity index (χ0v) is 16.3. The van der Waals surface area contributed by atoms with Crippen molar-refractivity contribution in [2.45, 2.75) is 100 Å². The van der Waals surface area contributed by atoms with Gasteiger partial charge in [-0.05, 0) is 31.8 Å². The van der Waals surface area contributed by atoms with Gasteiger partial charge in [-0.1, -0.05) is 38.5 Å². The third kappa shape index (κ3) is 4.80. The van der Waals surface area contributed by atoms with E-state index in [0.717, 1.165) is 51.4 Å². The van der Waals surface area contributed by atoms with Gasteiger partial charge >= 0.3 is 5.97 Å². The van der Waals surface area contributed by atoms with Gasteiger partial charge in [-0.15, -0.1) is 11.6 Å². The molecule has 148 valence electrons. The van der Waals surface area contributed by atoms with Crippen LogP contribution in [0.15, 0.2) is 11.6 Å². The number of halogens is 1. The molecule has 26 heavy (non-hydrogen) atoms. The van der Waals surface area contributed by atoms with E-state index in [4.69, 9.17) is 25.8 Å². The number of hydrogen-bond acceptors (Lipinski definition) is 5. The summed E-state index contributed by atoms with van der Waals surface area (Å²) in [5.74, 6) is -0.516. The quantitative estimate of drug-likeness (QED) is 0.578. The van der Waals surface area contributed by atoms with Crippen molar-refractivity contribution < 1.29 is 24.1 Å². The van der Waals surface area contributed by atoms with Gasteiger partial charge in [0.05, 0.1) is 30.3 Å². The summed E-state index contributed by atoms with van der Waals surface area (Å²) in [5, 5.41) is 9.95. The molecule has 4 atom stereocenters. The van der Waals surface area contributed by atoms with Gasteiger partial charge in [0.2, 0.25) is 0 Å². The van der Waals surface area contributed by atoms with Gasteiger partial charge < -0.3 is 19.3 Å². The SMILES string of the molecule is COC(=O)C1=C[C@@H](OC2CCCCC2)[C@@H](OC2CCCCC2)[C@H](O)[C@H]1Cl. The van der Waals surface area contributed by atoms with Gasteiger partial charge in [0.25, 0.3) is 0 Å². The number of carbonyl (C=O) groups excluding carboxylic acids is 1. The van der Waals surface area contributed by atoms with Gasteiger partial charge in [-0.3, -0.25) is 0 Å². The molecule has 0 bridgehead atoms. The number of aliphatic hydroxyl groups excluding tert-OH is 1. The van der Waals surface area contributed by atoms with Crippen molar-refractivity contribution >= 4 is 17.6 Å². The van der Waals surface area contributed by atoms with Crippen LogP contribution in [0.4, 0.5) is 0 Å². The highest BCUT2D eigenvalue weighted by Gasteiger charge is 2.44. The van der Waals surface area contributed by atoms with Gasteiger partial charge in [0.15, 0.2) is 0 Å². The van der Waals surface area contributed by atoms with E-state index in [0.29, 0.717) is 0 Å². The van der Waals surface area contributed by atoms with Crippen molar-refractivity contribution in [2.24, 2.45) is 0 Å². The molecular formula is C20H31ClO5. The van der Waals surface area contributed by atoms with Crippen molar-refractivity contribution in [3.05, 3.63) is 11.6 Å². The highest BCUT2D eigenvalue weighted by atomic mass is 35.5. The Morgan fingerprint density at radius 2 is 1.54 bits per heavy atom. The Balaban J connectivity index is 1.78. The van der Waals surface area contributed by atoms with E-state index in [1.165, 1.54) is 20.0 Å². The minimum absolute atomic E-state index is 0.123. The second-order valence-electron chi connectivity index (χ2n) is 7.73. The molecule has 2 fully saturated rings. The lowest BCUT2D eigenvalue weighted by Gasteiger charge is -2.40. The zero-order valence-electron chi connectivity index (χ0n) is 15.6. The van der Waals surface area contributed by atoms with Crippen LogP contribution < -0.4 is 0 Å². The number of alkyl halides is 1. The van der Waals surface area contributed by atoms with Crippen molar-refractivity contribution in [3.63, 3.8) is 0 Å². The standard InChI is InChI=1S/C20H31ClO5/c1-24-20(23)15-12-16(25-13-8-4-2-5-9-13)19(18(22)17(15)21)26-14-10-6-3-7-11-14/h12-14,16-19,22H,2-11H2,1H3/t16-,17+,18-,19-/m1/s1. The number of hydrogen-bond donors (Lipinski definition) is 1. The van der Waals surface area contributed by atoms with E-state index in [2.05, 4.69) is 0 Å². The molecular weight excluding hydrogens is 356 g/mol. The maximum absolute atomic E-state index is 12.1. The molecule has 0 aromatic heterocycles. The second-order valence-corrected chi connectivity index (χ2v) is 8.20. The maximum atomic E-state index is 12.1. The molecule has 0 unspecified atom stereocenters. The Labute approximate surface area is 161 Å². The van der Waals surface area contributed by atoms with Gasteiger partial charge in [0.1, 0.15) is 18.3 Å². The molecule has 0 radical (unpaired) electrons. The van der Waals surface area contributed by atoms with Crippen molar-refractivity contribution in [2.75, 3.05) is 7.11 Å². The smallest absolute Gasteiger partial charge is 0.335 e. The van der Waals surface area contributed by atoms with Crippen molar-refractivity contribution in [1.82, 2.24) is 0 Å². The van der Waals surface area contributed by atoms with Crippen LogP contribution >= 0.6 is 11.6 Å². The number of aliphatic hydroxyl groups is 1. The molecule has 5 nitrogen and oxygen atoms in total. The molecule has 0 saturated heterocycles. The summed E-state index contributed by atoms with van der Waals surface area (Å²) < 4.78 is 17.4. The van der Waals surface area contributed by atoms with Gasteiger partial charge in [0, 0.05) is 0 Å². The molecule has 3 rings (SSSR count). The fourth-order valence-electron chi connectivity index (χ4n) is 4.33. The van der Waals surface area contributed by atoms with E-state index < -0.39 is 29.7 Å². The van der Waals surface area contributed by atoms with Crippen LogP contribution in [0.25, 0.3) is 0 Å². The van der Waals surface area contributed by atoms with E-state index in [-0.39, 0.29) is 17.8 Å². The highest BCUT2D eigenvalue weighted by Crippen LogP contribution is 2.34. The van der Waals surface area contributed by atoms with Gasteiger partial charge in [-0.2, -0.15) is 0 Å². The fourth-order valence-corrected chi connectivity index (χ4v) is 4.63. The molecule has 0 aliphatic heterocycles. The maximum Gasteiger partial charge on any atom is 0.335 e. The normalized spacial score (nSPS) is 34.3. The Kier molecular flexibility index (Phi) is 7.38. The van der Waals surface area contributed by atoms with E-state index in [1.54, 1.807) is 6.08 Å². The zero-order chi connectivity index (χ0) is 18.5. The van der Waals surface area contributed by atoms with Crippen molar-refractivity contribution in [1.29, 1.82) is 0 Å². The molecule has 0 heterocycles. The largest absolute Gasteiger partial charge is 0.466 e. The molecule has 0 amide bonds. The lowest BCUT2D eigenvalue weighted by Crippen LogP contribution is -2.52. The predicted molar refractivity (Wildman–Crippen MR) is 99.2 cm³/mol. The number of esters is 1. The minimum atomic E-state index is -0.994. The first-order valence-corrected chi connectivity index (χ1v) is 10.5. The molecule has 0 aromatic carbocycles. The van der Waals surface area contributed by atoms with Crippen LogP contribution in [0.1, 0.15) is 64.2 Å². The summed E-state index contributed by atoms with van der Waals surface area (Å²) in [5.41, 5.74) is 0.269. The van der Waals surface area contributed by atoms with Gasteiger partial charge in [-0.25, -0.2) is 4.79 Å². The number of ether oxygens (including phenoxy) is 3. The van der Waals surface area contributed by atoms with Crippen LogP contribution in [-0.4, -0.2) is 54.1 Å². The summed E-state index contributed by atoms with van der Waals surface area (Å²) in [6.45, 7) is 0. The molecule has 0 aromatic rings. The summed E-state index contributed by atoms with van der Waals surface area (Å²) >= 11 is 6.37. The average Bonchev–Trinajstić information content (AvgIpc) is 2.68. The first kappa shape index (κ1) is 20.1. The molecule has 3 aliphatic carbocycles. The first-order valence-electron chi connectivity index (χ1n) is 10.0. The third-order valence-electron chi connectivity index (χ3n) is 5.83. The minimum Gasteiger partial charge on any atom is -0.466 e. The molecule has 6 heteroatoms. The first-order chi connectivity index (χ1) is 12.6. The van der Waals surface area contributed by atoms with Crippen molar-refractivity contribution in [3.8, 4) is 0 Å². The molecule has 3 aliphatic rings. The Bertz CT molecular complexity index is 496. The summed E-state index contributed by atoms with van der Waals surface area (Å²) in [7, 11) is 1.32. The summed E-state index contributed by atoms with van der Waals surface area (Å²) in [4.78, 5) is 12.1. The van der Waals surface area contributed by atoms with Crippen LogP contribution in [0.5, 0.6) is 0 Å². The number of carbonyl (C=O) groups is 1. The molecule has 1 N–H and O–H groups in total. The topological polar surface area (TPSA) is 65.0 Å². The van der Waals surface area contributed by atoms with Crippen LogP contribution in [0, 0.1) is 0 Å². The van der Waals surface area contributed by atoms with E-state index in [9.17, 15) is 9.90 Å². The molecule has 2 saturated carbocycles. The third-order valence-corrected chi connectivity index (χ3v) is 6.32. The predicted octanol–water partition coefficient (Wildman–Crippen LogP) is 3.50. The second kappa shape index (κ2) is 9.54. The fraction of sp³-hybridized carbons (Fsp3) is 0.850. The number of rotatable bonds is 5. The lowest BCUT2D eigenvalue weighted by atomic mass is 9.89. The van der Waals surface area contributed by atoms with Crippen LogP contribution in [-0.2, 0) is 19.0 Å². The van der Waals surface area contributed by atoms with E-state index in [1.807, 2.05) is 0 Å². The van der Waals surface area contributed by atoms with Crippen LogP contribution in [0.3, 0.4) is 0 Å². The Morgan fingerprint density at radius 1 is 1.00 bits per heavy atom. The Morgan fingerprint density at radius 3 is 2.08 bits per heavy atom. The summed E-state index contributed by atoms with van der Waals surface area (Å²) in [6.07, 6.45) is 11.1. The lowest BCUT2D eigenvalue weighted by molar-refractivity contribution is -0.160. The number of methoxy groups -OCH3 is 1. The monoisotopic (exact) mass is 386 g/mol. The van der Waals surface area contributed by atoms with E-state index >= 15 is 0 Å². The van der Waals surface area contributed by atoms with Crippen LogP contribution in [0.2, 0.25) is 0 Å². The molecule has 0 spiro atoms. The average molecular weight is 387 g/mol. The Hall–Kier alpha value is -0.620. The summed E-state index contributed by atoms with van der Waals surface area (Å²) in [6, 6.07) is 0. The highest BCUT2D eigenvalue weighted by molar-refractivity contribution is 6.25.